The maximum Gasteiger partial charge on any atom is 0.0751 e. The second-order valence-corrected chi connectivity index (χ2v) is 3.86. The van der Waals surface area contributed by atoms with Crippen molar-refractivity contribution in [2.24, 2.45) is 11.8 Å². The first-order valence-electron chi connectivity index (χ1n) is 4.72. The van der Waals surface area contributed by atoms with Crippen LogP contribution >= 0.6 is 0 Å². The lowest BCUT2D eigenvalue weighted by molar-refractivity contribution is 0.0737. The molecule has 2 aliphatic rings. The van der Waals surface area contributed by atoms with Gasteiger partial charge < -0.3 is 5.11 Å². The van der Waals surface area contributed by atoms with Gasteiger partial charge in [-0.15, -0.1) is 0 Å². The standard InChI is InChI=1S/C10H16O/c11-10-7-3-5-8-4-1-2-6-9(8)10/h3,7-11H,1-2,4-6H2. The average molecular weight is 152 g/mol. The molecule has 2 aliphatic carbocycles. The summed E-state index contributed by atoms with van der Waals surface area (Å²) >= 11 is 0. The fourth-order valence-electron chi connectivity index (χ4n) is 2.51. The molecule has 0 aromatic carbocycles. The molecule has 0 aromatic heterocycles. The van der Waals surface area contributed by atoms with Crippen LogP contribution in [0.4, 0.5) is 0 Å². The smallest absolute Gasteiger partial charge is 0.0751 e. The zero-order valence-corrected chi connectivity index (χ0v) is 6.87. The Hall–Kier alpha value is -0.300. The van der Waals surface area contributed by atoms with E-state index in [1.54, 1.807) is 0 Å². The van der Waals surface area contributed by atoms with E-state index in [4.69, 9.17) is 0 Å². The summed E-state index contributed by atoms with van der Waals surface area (Å²) in [4.78, 5) is 0. The molecule has 1 saturated carbocycles. The van der Waals surface area contributed by atoms with Crippen molar-refractivity contribution < 1.29 is 5.11 Å². The molecule has 0 amide bonds. The maximum absolute atomic E-state index is 9.62. The largest absolute Gasteiger partial charge is 0.389 e. The summed E-state index contributed by atoms with van der Waals surface area (Å²) in [5.74, 6) is 1.39. The van der Waals surface area contributed by atoms with Crippen LogP contribution in [0.25, 0.3) is 0 Å². The van der Waals surface area contributed by atoms with Crippen LogP contribution in [0, 0.1) is 11.8 Å². The van der Waals surface area contributed by atoms with E-state index in [0.717, 1.165) is 5.92 Å². The first-order chi connectivity index (χ1) is 5.38. The molecule has 0 aliphatic heterocycles. The Morgan fingerprint density at radius 1 is 1.18 bits per heavy atom. The van der Waals surface area contributed by atoms with Gasteiger partial charge >= 0.3 is 0 Å². The zero-order chi connectivity index (χ0) is 7.68. The number of hydrogen-bond donors (Lipinski definition) is 1. The van der Waals surface area contributed by atoms with Crippen molar-refractivity contribution in [1.82, 2.24) is 0 Å². The minimum absolute atomic E-state index is 0.131. The van der Waals surface area contributed by atoms with E-state index in [-0.39, 0.29) is 6.10 Å². The summed E-state index contributed by atoms with van der Waals surface area (Å²) in [6.07, 6.45) is 10.5. The molecule has 11 heavy (non-hydrogen) atoms. The predicted molar refractivity (Wildman–Crippen MR) is 45.2 cm³/mol. The molecule has 1 nitrogen and oxygen atoms in total. The van der Waals surface area contributed by atoms with Gasteiger partial charge in [0.05, 0.1) is 6.10 Å². The lowest BCUT2D eigenvalue weighted by Crippen LogP contribution is -2.31. The molecule has 0 aromatic rings. The number of aliphatic hydroxyl groups is 1. The van der Waals surface area contributed by atoms with E-state index in [1.165, 1.54) is 32.1 Å². The van der Waals surface area contributed by atoms with Gasteiger partial charge in [0.2, 0.25) is 0 Å². The van der Waals surface area contributed by atoms with Gasteiger partial charge in [0.15, 0.2) is 0 Å². The summed E-state index contributed by atoms with van der Waals surface area (Å²) in [7, 11) is 0. The lowest BCUT2D eigenvalue weighted by atomic mass is 9.72. The molecule has 0 bridgehead atoms. The SMILES string of the molecule is OC1C=CCC2CCCCC12. The summed E-state index contributed by atoms with van der Waals surface area (Å²) < 4.78 is 0. The van der Waals surface area contributed by atoms with Crippen LogP contribution in [-0.4, -0.2) is 11.2 Å². The van der Waals surface area contributed by atoms with Gasteiger partial charge in [0.1, 0.15) is 0 Å². The third-order valence-corrected chi connectivity index (χ3v) is 3.18. The molecule has 2 rings (SSSR count). The number of allylic oxidation sites excluding steroid dienone is 1. The van der Waals surface area contributed by atoms with Crippen LogP contribution in [0.2, 0.25) is 0 Å². The highest BCUT2D eigenvalue weighted by molar-refractivity contribution is 5.01. The third-order valence-electron chi connectivity index (χ3n) is 3.18. The highest BCUT2D eigenvalue weighted by Gasteiger charge is 2.30. The first kappa shape index (κ1) is 7.35. The Morgan fingerprint density at radius 3 is 2.82 bits per heavy atom. The second-order valence-electron chi connectivity index (χ2n) is 3.86. The fourth-order valence-corrected chi connectivity index (χ4v) is 2.51. The highest BCUT2D eigenvalue weighted by atomic mass is 16.3. The van der Waals surface area contributed by atoms with Gasteiger partial charge in [-0.05, 0) is 31.1 Å². The molecule has 1 N–H and O–H groups in total. The minimum atomic E-state index is -0.131. The molecular weight excluding hydrogens is 136 g/mol. The normalized spacial score (nSPS) is 43.5. The van der Waals surface area contributed by atoms with E-state index in [1.807, 2.05) is 6.08 Å². The molecule has 0 spiro atoms. The van der Waals surface area contributed by atoms with Crippen LogP contribution in [0.3, 0.4) is 0 Å². The van der Waals surface area contributed by atoms with Crippen molar-refractivity contribution in [3.05, 3.63) is 12.2 Å². The van der Waals surface area contributed by atoms with E-state index in [9.17, 15) is 5.11 Å². The topological polar surface area (TPSA) is 20.2 Å². The second kappa shape index (κ2) is 2.98. The number of fused-ring (bicyclic) bond motifs is 1. The van der Waals surface area contributed by atoms with Gasteiger partial charge in [-0.25, -0.2) is 0 Å². The molecule has 1 fully saturated rings. The highest BCUT2D eigenvalue weighted by Crippen LogP contribution is 2.37. The molecule has 0 saturated heterocycles. The van der Waals surface area contributed by atoms with Gasteiger partial charge in [0, 0.05) is 0 Å². The third kappa shape index (κ3) is 1.34. The Kier molecular flexibility index (Phi) is 1.99. The lowest BCUT2D eigenvalue weighted by Gasteiger charge is -2.35. The fraction of sp³-hybridized carbons (Fsp3) is 0.800. The monoisotopic (exact) mass is 152 g/mol. The Balaban J connectivity index is 2.08. The Labute approximate surface area is 68.1 Å². The van der Waals surface area contributed by atoms with Crippen molar-refractivity contribution in [1.29, 1.82) is 0 Å². The molecule has 0 heterocycles. The van der Waals surface area contributed by atoms with Crippen LogP contribution in [0.15, 0.2) is 12.2 Å². The van der Waals surface area contributed by atoms with Crippen molar-refractivity contribution in [2.45, 2.75) is 38.2 Å². The number of hydrogen-bond acceptors (Lipinski definition) is 1. The zero-order valence-electron chi connectivity index (χ0n) is 6.87. The molecule has 1 heteroatoms. The van der Waals surface area contributed by atoms with E-state index in [0.29, 0.717) is 5.92 Å². The van der Waals surface area contributed by atoms with Crippen molar-refractivity contribution in [3.63, 3.8) is 0 Å². The Bertz CT molecular complexity index is 162. The molecule has 62 valence electrons. The molecule has 3 unspecified atom stereocenters. The first-order valence-corrected chi connectivity index (χ1v) is 4.72. The van der Waals surface area contributed by atoms with Crippen molar-refractivity contribution in [2.75, 3.05) is 0 Å². The van der Waals surface area contributed by atoms with Gasteiger partial charge in [-0.2, -0.15) is 0 Å². The molecule has 0 radical (unpaired) electrons. The summed E-state index contributed by atoms with van der Waals surface area (Å²) in [5.41, 5.74) is 0. The van der Waals surface area contributed by atoms with Crippen LogP contribution in [-0.2, 0) is 0 Å². The van der Waals surface area contributed by atoms with Crippen LogP contribution in [0.5, 0.6) is 0 Å². The molecule has 3 atom stereocenters. The van der Waals surface area contributed by atoms with Crippen LogP contribution in [0.1, 0.15) is 32.1 Å². The van der Waals surface area contributed by atoms with Crippen molar-refractivity contribution in [3.8, 4) is 0 Å². The molecular formula is C10H16O. The number of rotatable bonds is 0. The quantitative estimate of drug-likeness (QED) is 0.527. The summed E-state index contributed by atoms with van der Waals surface area (Å²) in [6, 6.07) is 0. The van der Waals surface area contributed by atoms with E-state index >= 15 is 0 Å². The van der Waals surface area contributed by atoms with E-state index in [2.05, 4.69) is 6.08 Å². The number of aliphatic hydroxyl groups excluding tert-OH is 1. The van der Waals surface area contributed by atoms with Gasteiger partial charge in [-0.1, -0.05) is 25.0 Å². The summed E-state index contributed by atoms with van der Waals surface area (Å²) in [6.45, 7) is 0. The van der Waals surface area contributed by atoms with E-state index < -0.39 is 0 Å². The maximum atomic E-state index is 9.62. The predicted octanol–water partition coefficient (Wildman–Crippen LogP) is 2.11. The Morgan fingerprint density at radius 2 is 2.00 bits per heavy atom. The average Bonchev–Trinajstić information content (AvgIpc) is 2.06. The van der Waals surface area contributed by atoms with Gasteiger partial charge in [0.25, 0.3) is 0 Å². The van der Waals surface area contributed by atoms with Gasteiger partial charge in [-0.3, -0.25) is 0 Å². The van der Waals surface area contributed by atoms with Crippen molar-refractivity contribution >= 4 is 0 Å². The van der Waals surface area contributed by atoms with Crippen LogP contribution < -0.4 is 0 Å². The summed E-state index contributed by atoms with van der Waals surface area (Å²) in [5, 5.41) is 9.62. The minimum Gasteiger partial charge on any atom is -0.389 e.